The van der Waals surface area contributed by atoms with Gasteiger partial charge < -0.3 is 0 Å². The fourth-order valence-electron chi connectivity index (χ4n) is 0.787. The van der Waals surface area contributed by atoms with Crippen LogP contribution >= 0.6 is 22.6 Å². The van der Waals surface area contributed by atoms with E-state index in [9.17, 15) is 22.0 Å². The van der Waals surface area contributed by atoms with Crippen LogP contribution in [0.25, 0.3) is 0 Å². The molecule has 1 aromatic rings. The lowest BCUT2D eigenvalue weighted by Crippen LogP contribution is -2.12. The van der Waals surface area contributed by atoms with Gasteiger partial charge in [0.25, 0.3) is 0 Å². The molecule has 1 rings (SSSR count). The number of alkyl halides is 3. The minimum absolute atomic E-state index is 0.258. The molecule has 1 aromatic carbocycles. The van der Waals surface area contributed by atoms with Gasteiger partial charge in [-0.1, -0.05) is 0 Å². The van der Waals surface area contributed by atoms with Gasteiger partial charge in [-0.05, 0) is 34.7 Å². The zero-order valence-electron chi connectivity index (χ0n) is 5.92. The van der Waals surface area contributed by atoms with Gasteiger partial charge in [-0.3, -0.25) is 0 Å². The summed E-state index contributed by atoms with van der Waals surface area (Å²) in [5.41, 5.74) is -1.83. The lowest BCUT2D eigenvalue weighted by Gasteiger charge is -2.09. The van der Waals surface area contributed by atoms with E-state index in [-0.39, 0.29) is 3.57 Å². The van der Waals surface area contributed by atoms with Crippen LogP contribution in [0.15, 0.2) is 12.1 Å². The first kappa shape index (κ1) is 10.7. The third kappa shape index (κ3) is 2.09. The highest BCUT2D eigenvalue weighted by Gasteiger charge is 2.38. The molecular weight excluding hydrogens is 306 g/mol. The lowest BCUT2D eigenvalue weighted by atomic mass is 10.2. The van der Waals surface area contributed by atoms with E-state index in [1.165, 1.54) is 22.6 Å². The molecular formula is C7H2F5I. The minimum Gasteiger partial charge on any atom is -0.206 e. The first-order valence-electron chi connectivity index (χ1n) is 3.04. The predicted molar refractivity (Wildman–Crippen MR) is 44.1 cm³/mol. The number of hydrogen-bond donors (Lipinski definition) is 0. The number of hydrogen-bond acceptors (Lipinski definition) is 0. The maximum absolute atomic E-state index is 12.8. The summed E-state index contributed by atoms with van der Waals surface area (Å²) >= 11 is 1.36. The Morgan fingerprint density at radius 3 is 2.00 bits per heavy atom. The Balaban J connectivity index is 3.43. The molecule has 72 valence electrons. The molecule has 6 heteroatoms. The molecule has 0 bridgehead atoms. The third-order valence-electron chi connectivity index (χ3n) is 1.33. The molecule has 0 radical (unpaired) electrons. The predicted octanol–water partition coefficient (Wildman–Crippen LogP) is 3.59. The van der Waals surface area contributed by atoms with Crippen molar-refractivity contribution in [2.75, 3.05) is 0 Å². The van der Waals surface area contributed by atoms with E-state index in [0.717, 1.165) is 6.07 Å². The van der Waals surface area contributed by atoms with Gasteiger partial charge in [-0.2, -0.15) is 13.2 Å². The van der Waals surface area contributed by atoms with E-state index in [1.807, 2.05) is 0 Å². The molecule has 0 N–H and O–H groups in total. The monoisotopic (exact) mass is 308 g/mol. The number of benzene rings is 1. The van der Waals surface area contributed by atoms with Gasteiger partial charge in [0.1, 0.15) is 11.4 Å². The van der Waals surface area contributed by atoms with Crippen molar-refractivity contribution in [1.29, 1.82) is 0 Å². The van der Waals surface area contributed by atoms with Gasteiger partial charge in [0, 0.05) is 3.57 Å². The Bertz CT molecular complexity index is 330. The maximum Gasteiger partial charge on any atom is 0.422 e. The highest BCUT2D eigenvalue weighted by Crippen LogP contribution is 2.34. The number of halogens is 6. The van der Waals surface area contributed by atoms with Crippen molar-refractivity contribution in [3.05, 3.63) is 32.9 Å². The normalized spacial score (nSPS) is 11.8. The summed E-state index contributed by atoms with van der Waals surface area (Å²) in [5, 5.41) is 0. The van der Waals surface area contributed by atoms with E-state index in [2.05, 4.69) is 0 Å². The smallest absolute Gasteiger partial charge is 0.206 e. The van der Waals surface area contributed by atoms with Crippen LogP contribution in [0, 0.1) is 15.2 Å². The molecule has 0 aliphatic carbocycles. The Labute approximate surface area is 83.9 Å². The molecule has 0 saturated carbocycles. The third-order valence-corrected chi connectivity index (χ3v) is 2.16. The summed E-state index contributed by atoms with van der Waals surface area (Å²) in [7, 11) is 0. The maximum atomic E-state index is 12.8. The summed E-state index contributed by atoms with van der Waals surface area (Å²) in [6.45, 7) is 0. The van der Waals surface area contributed by atoms with Crippen molar-refractivity contribution >= 4 is 22.6 Å². The summed E-state index contributed by atoms with van der Waals surface area (Å²) in [6, 6.07) is 1.54. The van der Waals surface area contributed by atoms with Crippen LogP contribution in [-0.2, 0) is 6.18 Å². The second-order valence-electron chi connectivity index (χ2n) is 2.22. The number of rotatable bonds is 0. The minimum atomic E-state index is -4.99. The van der Waals surface area contributed by atoms with Gasteiger partial charge in [-0.25, -0.2) is 8.78 Å². The Morgan fingerprint density at radius 2 is 1.62 bits per heavy atom. The topological polar surface area (TPSA) is 0 Å². The van der Waals surface area contributed by atoms with E-state index < -0.39 is 23.4 Å². The van der Waals surface area contributed by atoms with Crippen molar-refractivity contribution in [2.24, 2.45) is 0 Å². The van der Waals surface area contributed by atoms with Crippen molar-refractivity contribution in [3.63, 3.8) is 0 Å². The van der Waals surface area contributed by atoms with Crippen molar-refractivity contribution in [3.8, 4) is 0 Å². The zero-order valence-corrected chi connectivity index (χ0v) is 8.08. The summed E-state index contributed by atoms with van der Waals surface area (Å²) in [4.78, 5) is 0. The van der Waals surface area contributed by atoms with E-state index in [0.29, 0.717) is 6.07 Å². The van der Waals surface area contributed by atoms with Crippen molar-refractivity contribution < 1.29 is 22.0 Å². The first-order chi connectivity index (χ1) is 5.84. The molecule has 0 fully saturated rings. The molecule has 0 aliphatic heterocycles. The highest BCUT2D eigenvalue weighted by atomic mass is 127. The second kappa shape index (κ2) is 3.39. The van der Waals surface area contributed by atoms with Gasteiger partial charge in [0.2, 0.25) is 0 Å². The molecule has 0 amide bonds. The molecule has 0 aliphatic rings. The second-order valence-corrected chi connectivity index (χ2v) is 3.38. The van der Waals surface area contributed by atoms with Gasteiger partial charge in [-0.15, -0.1) is 0 Å². The zero-order chi connectivity index (χ0) is 10.2. The molecule has 0 spiro atoms. The summed E-state index contributed by atoms with van der Waals surface area (Å²) in [5.74, 6) is -3.15. The average molecular weight is 308 g/mol. The fraction of sp³-hybridized carbons (Fsp3) is 0.143. The van der Waals surface area contributed by atoms with Crippen LogP contribution in [0.5, 0.6) is 0 Å². The van der Waals surface area contributed by atoms with Crippen LogP contribution < -0.4 is 0 Å². The molecule has 0 aromatic heterocycles. The first-order valence-corrected chi connectivity index (χ1v) is 4.12. The van der Waals surface area contributed by atoms with Crippen LogP contribution in [0.4, 0.5) is 22.0 Å². The largest absolute Gasteiger partial charge is 0.422 e. The van der Waals surface area contributed by atoms with Crippen LogP contribution in [0.1, 0.15) is 5.56 Å². The van der Waals surface area contributed by atoms with E-state index >= 15 is 0 Å². The van der Waals surface area contributed by atoms with Crippen molar-refractivity contribution in [2.45, 2.75) is 6.18 Å². The fourth-order valence-corrected chi connectivity index (χ4v) is 1.24. The molecule has 0 nitrogen and oxygen atoms in total. The average Bonchev–Trinajstić information content (AvgIpc) is 1.95. The SMILES string of the molecule is Fc1ccc(I)c(F)c1C(F)(F)F. The summed E-state index contributed by atoms with van der Waals surface area (Å²) < 4.78 is 61.1. The Morgan fingerprint density at radius 1 is 1.08 bits per heavy atom. The van der Waals surface area contributed by atoms with Gasteiger partial charge in [0.15, 0.2) is 5.82 Å². The Kier molecular flexibility index (Phi) is 2.79. The standard InChI is InChI=1S/C7H2F5I/c8-3-1-2-4(13)6(9)5(3)7(10,11)12/h1-2H. The van der Waals surface area contributed by atoms with Gasteiger partial charge >= 0.3 is 6.18 Å². The molecule has 0 unspecified atom stereocenters. The molecule has 0 atom stereocenters. The van der Waals surface area contributed by atoms with E-state index in [4.69, 9.17) is 0 Å². The molecule has 0 heterocycles. The summed E-state index contributed by atoms with van der Waals surface area (Å²) in [6.07, 6.45) is -4.99. The van der Waals surface area contributed by atoms with Crippen LogP contribution in [-0.4, -0.2) is 0 Å². The highest BCUT2D eigenvalue weighted by molar-refractivity contribution is 14.1. The van der Waals surface area contributed by atoms with Crippen molar-refractivity contribution in [1.82, 2.24) is 0 Å². The molecule has 0 saturated heterocycles. The van der Waals surface area contributed by atoms with E-state index in [1.54, 1.807) is 0 Å². The van der Waals surface area contributed by atoms with Crippen LogP contribution in [0.2, 0.25) is 0 Å². The van der Waals surface area contributed by atoms with Crippen LogP contribution in [0.3, 0.4) is 0 Å². The van der Waals surface area contributed by atoms with Gasteiger partial charge in [0.05, 0.1) is 0 Å². The molecule has 13 heavy (non-hydrogen) atoms. The Hall–Kier alpha value is -0.400. The quantitative estimate of drug-likeness (QED) is 0.390. The lowest BCUT2D eigenvalue weighted by molar-refractivity contribution is -0.142.